The Hall–Kier alpha value is -4.11. The summed E-state index contributed by atoms with van der Waals surface area (Å²) in [6, 6.07) is 19.9. The van der Waals surface area contributed by atoms with E-state index in [4.69, 9.17) is 19.9 Å². The highest BCUT2D eigenvalue weighted by molar-refractivity contribution is 5.96. The zero-order valence-electron chi connectivity index (χ0n) is 25.1. The number of carbonyl (C=O) groups is 2. The smallest absolute Gasteiger partial charge is 0.254 e. The van der Waals surface area contributed by atoms with Crippen molar-refractivity contribution in [3.63, 3.8) is 0 Å². The van der Waals surface area contributed by atoms with Gasteiger partial charge in [-0.15, -0.1) is 0 Å². The summed E-state index contributed by atoms with van der Waals surface area (Å²) in [5.74, 6) is 0.482. The number of piperidine rings is 1. The summed E-state index contributed by atoms with van der Waals surface area (Å²) in [5.41, 5.74) is 6.72. The van der Waals surface area contributed by atoms with E-state index in [9.17, 15) is 9.59 Å². The average Bonchev–Trinajstić information content (AvgIpc) is 3.48. The standard InChI is InChI=1S/C34H40FN3O5/c1-41-28-21-24(22-29(42-2)30(28)43-3)31(39)38-20-14-33(23-38,26-11-7-8-12-27(26)35)13-17-37-18-15-34(16-19-37,32(36)40)25-9-5-4-6-10-25/h4-12,21-22H,13-20,23H2,1-3H3,(H2,36,40). The molecule has 228 valence electrons. The van der Waals surface area contributed by atoms with E-state index in [1.54, 1.807) is 23.1 Å². The largest absolute Gasteiger partial charge is 0.493 e. The topological polar surface area (TPSA) is 94.3 Å². The lowest BCUT2D eigenvalue weighted by Gasteiger charge is -2.41. The van der Waals surface area contributed by atoms with Gasteiger partial charge in [0.05, 0.1) is 26.7 Å². The highest BCUT2D eigenvalue weighted by atomic mass is 19.1. The first-order chi connectivity index (χ1) is 20.8. The van der Waals surface area contributed by atoms with Crippen LogP contribution in [0.2, 0.25) is 0 Å². The van der Waals surface area contributed by atoms with E-state index in [2.05, 4.69) is 4.90 Å². The first-order valence-corrected chi connectivity index (χ1v) is 14.7. The second-order valence-corrected chi connectivity index (χ2v) is 11.6. The number of nitrogens with two attached hydrogens (primary N) is 1. The Morgan fingerprint density at radius 3 is 2.07 bits per heavy atom. The number of nitrogens with zero attached hydrogens (tertiary/aromatic N) is 2. The predicted octanol–water partition coefficient (Wildman–Crippen LogP) is 4.54. The average molecular weight is 590 g/mol. The van der Waals surface area contributed by atoms with Gasteiger partial charge in [0, 0.05) is 24.1 Å². The van der Waals surface area contributed by atoms with Gasteiger partial charge in [0.15, 0.2) is 11.5 Å². The minimum Gasteiger partial charge on any atom is -0.493 e. The normalized spacial score (nSPS) is 20.0. The monoisotopic (exact) mass is 589 g/mol. The second kappa shape index (κ2) is 12.6. The molecule has 9 heteroatoms. The Balaban J connectivity index is 1.35. The molecule has 2 aliphatic heterocycles. The molecule has 0 saturated carbocycles. The van der Waals surface area contributed by atoms with Crippen LogP contribution in [0.1, 0.15) is 47.2 Å². The van der Waals surface area contributed by atoms with Crippen LogP contribution in [-0.4, -0.2) is 75.7 Å². The molecule has 2 heterocycles. The number of rotatable bonds is 10. The van der Waals surface area contributed by atoms with E-state index < -0.39 is 10.8 Å². The van der Waals surface area contributed by atoms with Gasteiger partial charge in [0.25, 0.3) is 5.91 Å². The molecule has 2 saturated heterocycles. The van der Waals surface area contributed by atoms with Crippen molar-refractivity contribution in [3.05, 3.63) is 89.2 Å². The molecule has 0 bridgehead atoms. The van der Waals surface area contributed by atoms with E-state index in [1.807, 2.05) is 42.5 Å². The minimum absolute atomic E-state index is 0.176. The van der Waals surface area contributed by atoms with Gasteiger partial charge in [0.1, 0.15) is 5.82 Å². The van der Waals surface area contributed by atoms with Gasteiger partial charge in [-0.1, -0.05) is 48.5 Å². The van der Waals surface area contributed by atoms with Crippen molar-refractivity contribution in [2.75, 3.05) is 54.1 Å². The number of carbonyl (C=O) groups excluding carboxylic acids is 2. The molecule has 0 spiro atoms. The molecule has 1 unspecified atom stereocenters. The zero-order valence-corrected chi connectivity index (χ0v) is 25.1. The predicted molar refractivity (Wildman–Crippen MR) is 162 cm³/mol. The quantitative estimate of drug-likeness (QED) is 0.373. The molecule has 1 atom stereocenters. The lowest BCUT2D eigenvalue weighted by Crippen LogP contribution is -2.50. The van der Waals surface area contributed by atoms with Crippen LogP contribution in [0.5, 0.6) is 17.2 Å². The molecule has 2 fully saturated rings. The summed E-state index contributed by atoms with van der Waals surface area (Å²) < 4.78 is 31.7. The Bertz CT molecular complexity index is 1430. The molecule has 8 nitrogen and oxygen atoms in total. The number of primary amides is 1. The molecule has 3 aromatic rings. The first kappa shape index (κ1) is 30.4. The van der Waals surface area contributed by atoms with E-state index >= 15 is 4.39 Å². The highest BCUT2D eigenvalue weighted by Gasteiger charge is 2.45. The number of methoxy groups -OCH3 is 3. The maximum absolute atomic E-state index is 15.3. The molecule has 2 aliphatic rings. The van der Waals surface area contributed by atoms with Crippen LogP contribution >= 0.6 is 0 Å². The fraction of sp³-hybridized carbons (Fsp3) is 0.412. The van der Waals surface area contributed by atoms with Gasteiger partial charge in [-0.05, 0) is 74.6 Å². The van der Waals surface area contributed by atoms with Gasteiger partial charge in [-0.25, -0.2) is 4.39 Å². The Morgan fingerprint density at radius 1 is 0.860 bits per heavy atom. The molecule has 5 rings (SSSR count). The van der Waals surface area contributed by atoms with E-state index in [1.165, 1.54) is 27.4 Å². The number of hydrogen-bond donors (Lipinski definition) is 1. The van der Waals surface area contributed by atoms with Crippen LogP contribution in [0.3, 0.4) is 0 Å². The molecular weight excluding hydrogens is 549 g/mol. The summed E-state index contributed by atoms with van der Waals surface area (Å²) >= 11 is 0. The Kier molecular flexibility index (Phi) is 8.92. The maximum Gasteiger partial charge on any atom is 0.254 e. The number of likely N-dealkylation sites (tertiary alicyclic amines) is 2. The lowest BCUT2D eigenvalue weighted by atomic mass is 9.71. The van der Waals surface area contributed by atoms with Crippen LogP contribution in [0, 0.1) is 5.82 Å². The summed E-state index contributed by atoms with van der Waals surface area (Å²) in [5, 5.41) is 0. The molecular formula is C34H40FN3O5. The SMILES string of the molecule is COc1cc(C(=O)N2CCC(CCN3CCC(C(N)=O)(c4ccccc4)CC3)(c3ccccc3F)C2)cc(OC)c1OC. The second-order valence-electron chi connectivity index (χ2n) is 11.6. The number of halogens is 1. The van der Waals surface area contributed by atoms with E-state index in [-0.39, 0.29) is 17.6 Å². The lowest BCUT2D eigenvalue weighted by molar-refractivity contribution is -0.125. The fourth-order valence-electron chi connectivity index (χ4n) is 6.85. The van der Waals surface area contributed by atoms with Crippen molar-refractivity contribution in [1.29, 1.82) is 0 Å². The van der Waals surface area contributed by atoms with Crippen LogP contribution in [0.15, 0.2) is 66.7 Å². The zero-order chi connectivity index (χ0) is 30.6. The van der Waals surface area contributed by atoms with Crippen LogP contribution < -0.4 is 19.9 Å². The third-order valence-corrected chi connectivity index (χ3v) is 9.41. The van der Waals surface area contributed by atoms with Gasteiger partial charge >= 0.3 is 0 Å². The number of benzene rings is 3. The van der Waals surface area contributed by atoms with Crippen LogP contribution in [-0.2, 0) is 15.6 Å². The number of amides is 2. The Labute approximate surface area is 252 Å². The van der Waals surface area contributed by atoms with Gasteiger partial charge in [-0.3, -0.25) is 9.59 Å². The molecule has 3 aromatic carbocycles. The van der Waals surface area contributed by atoms with Crippen molar-refractivity contribution in [2.24, 2.45) is 5.73 Å². The molecule has 2 amide bonds. The summed E-state index contributed by atoms with van der Waals surface area (Å²) in [7, 11) is 4.54. The third-order valence-electron chi connectivity index (χ3n) is 9.41. The summed E-state index contributed by atoms with van der Waals surface area (Å²) in [6.45, 7) is 3.00. The molecule has 0 radical (unpaired) electrons. The Morgan fingerprint density at radius 2 is 1.49 bits per heavy atom. The van der Waals surface area contributed by atoms with Gasteiger partial charge in [-0.2, -0.15) is 0 Å². The van der Waals surface area contributed by atoms with Gasteiger partial charge in [0.2, 0.25) is 11.7 Å². The first-order valence-electron chi connectivity index (χ1n) is 14.7. The van der Waals surface area contributed by atoms with Crippen molar-refractivity contribution in [3.8, 4) is 17.2 Å². The summed E-state index contributed by atoms with van der Waals surface area (Å²) in [4.78, 5) is 30.6. The number of ether oxygens (including phenoxy) is 3. The third kappa shape index (κ3) is 5.78. The van der Waals surface area contributed by atoms with Crippen molar-refractivity contribution in [2.45, 2.75) is 36.5 Å². The molecule has 2 N–H and O–H groups in total. The van der Waals surface area contributed by atoms with Crippen molar-refractivity contribution >= 4 is 11.8 Å². The fourth-order valence-corrected chi connectivity index (χ4v) is 6.85. The van der Waals surface area contributed by atoms with Crippen molar-refractivity contribution < 1.29 is 28.2 Å². The minimum atomic E-state index is -0.682. The van der Waals surface area contributed by atoms with Crippen molar-refractivity contribution in [1.82, 2.24) is 9.80 Å². The summed E-state index contributed by atoms with van der Waals surface area (Å²) in [6.07, 6.45) is 2.56. The highest BCUT2D eigenvalue weighted by Crippen LogP contribution is 2.43. The van der Waals surface area contributed by atoms with Crippen LogP contribution in [0.4, 0.5) is 4.39 Å². The number of hydrogen-bond acceptors (Lipinski definition) is 6. The van der Waals surface area contributed by atoms with E-state index in [0.29, 0.717) is 86.8 Å². The maximum atomic E-state index is 15.3. The molecule has 43 heavy (non-hydrogen) atoms. The molecule has 0 aliphatic carbocycles. The van der Waals surface area contributed by atoms with E-state index in [0.717, 1.165) is 5.56 Å². The van der Waals surface area contributed by atoms with Gasteiger partial charge < -0.3 is 29.7 Å². The molecule has 0 aromatic heterocycles. The van der Waals surface area contributed by atoms with Crippen LogP contribution in [0.25, 0.3) is 0 Å².